The third-order valence-corrected chi connectivity index (χ3v) is 12.4. The molecule has 3 amide bonds. The summed E-state index contributed by atoms with van der Waals surface area (Å²) in [5.41, 5.74) is 6.63. The Balaban J connectivity index is 0.979. The van der Waals surface area contributed by atoms with E-state index in [-0.39, 0.29) is 30.3 Å². The number of esters is 2. The fraction of sp³-hybridized carbons (Fsp3) is 0.400. The van der Waals surface area contributed by atoms with Gasteiger partial charge in [-0.2, -0.15) is 0 Å². The lowest BCUT2D eigenvalue weighted by Crippen LogP contribution is -2.48. The molecule has 1 aliphatic heterocycles. The van der Waals surface area contributed by atoms with Gasteiger partial charge in [-0.3, -0.25) is 24.1 Å². The normalized spacial score (nSPS) is 15.5. The van der Waals surface area contributed by atoms with Crippen LogP contribution in [0.1, 0.15) is 104 Å². The Kier molecular flexibility index (Phi) is 12.8. The van der Waals surface area contributed by atoms with Crippen LogP contribution in [0.25, 0.3) is 0 Å². The Bertz CT molecular complexity index is 2100. The molecule has 0 bridgehead atoms. The number of nitrogens with one attached hydrogen (secondary N) is 2. The average Bonchev–Trinajstić information content (AvgIpc) is 4.01. The van der Waals surface area contributed by atoms with Crippen LogP contribution in [-0.4, -0.2) is 78.3 Å². The first-order chi connectivity index (χ1) is 27.6. The number of likely N-dealkylation sites (tertiary alicyclic amines) is 1. The molecule has 12 heteroatoms. The number of carbonyl (C=O) groups excluding carboxylic acids is 5. The molecule has 2 aliphatic carbocycles. The number of piperidine rings is 1. The minimum absolute atomic E-state index is 0.156. The molecule has 7 rings (SSSR count). The monoisotopic (exact) mass is 790 g/mol. The molecule has 1 aromatic heterocycles. The number of ether oxygens (including phenoxy) is 2. The van der Waals surface area contributed by atoms with E-state index < -0.39 is 5.97 Å². The smallest absolute Gasteiger partial charge is 0.337 e. The molecule has 1 saturated carbocycles. The number of methoxy groups -OCH3 is 1. The second-order valence-corrected chi connectivity index (χ2v) is 16.3. The van der Waals surface area contributed by atoms with Crippen LogP contribution in [0.4, 0.5) is 10.7 Å². The van der Waals surface area contributed by atoms with Gasteiger partial charge in [0.15, 0.2) is 6.61 Å². The summed E-state index contributed by atoms with van der Waals surface area (Å²) in [5.74, 6) is -1.43. The summed E-state index contributed by atoms with van der Waals surface area (Å²) < 4.78 is 9.71. The van der Waals surface area contributed by atoms with Gasteiger partial charge in [0.1, 0.15) is 5.00 Å². The highest BCUT2D eigenvalue weighted by Gasteiger charge is 2.36. The minimum Gasteiger partial charge on any atom is -0.465 e. The number of rotatable bonds is 14. The third-order valence-electron chi connectivity index (χ3n) is 11.2. The highest BCUT2D eigenvalue weighted by molar-refractivity contribution is 7.17. The molecule has 2 heterocycles. The predicted octanol–water partition coefficient (Wildman–Crippen LogP) is 7.22. The summed E-state index contributed by atoms with van der Waals surface area (Å²) in [5, 5.41) is 6.80. The molecule has 298 valence electrons. The lowest BCUT2D eigenvalue weighted by atomic mass is 9.95. The van der Waals surface area contributed by atoms with Crippen molar-refractivity contribution in [3.63, 3.8) is 0 Å². The number of anilines is 2. The molecule has 2 fully saturated rings. The number of amides is 3. The molecule has 11 nitrogen and oxygen atoms in total. The summed E-state index contributed by atoms with van der Waals surface area (Å²) in [6.07, 6.45) is 9.33. The zero-order chi connectivity index (χ0) is 39.9. The first-order valence-electron chi connectivity index (χ1n) is 19.9. The topological polar surface area (TPSA) is 134 Å². The van der Waals surface area contributed by atoms with Gasteiger partial charge in [0, 0.05) is 54.8 Å². The number of benzene rings is 3. The van der Waals surface area contributed by atoms with Crippen LogP contribution in [-0.2, 0) is 51.3 Å². The second kappa shape index (κ2) is 18.3. The summed E-state index contributed by atoms with van der Waals surface area (Å²) in [6, 6.07) is 23.8. The molecule has 3 aliphatic rings. The summed E-state index contributed by atoms with van der Waals surface area (Å²) in [4.78, 5) is 68.7. The molecule has 0 radical (unpaired) electrons. The second-order valence-electron chi connectivity index (χ2n) is 15.2. The SMILES string of the molecule is COC(=O)c1ccc(CCc2ccc(NC(=O)c3c(NC(=O)c4cccc(CN(C5CC5)C5CCN(C(=O)COC(C)=O)CC5)c4)sc4c3CCCC4)cc2)cc1. The third kappa shape index (κ3) is 10.2. The van der Waals surface area contributed by atoms with Gasteiger partial charge >= 0.3 is 11.9 Å². The van der Waals surface area contributed by atoms with E-state index in [2.05, 4.69) is 21.6 Å². The fourth-order valence-corrected chi connectivity index (χ4v) is 9.20. The number of thiophene rings is 1. The van der Waals surface area contributed by atoms with Crippen molar-refractivity contribution in [1.82, 2.24) is 9.80 Å². The van der Waals surface area contributed by atoms with Crippen molar-refractivity contribution in [3.8, 4) is 0 Å². The zero-order valence-corrected chi connectivity index (χ0v) is 33.5. The quantitative estimate of drug-likeness (QED) is 0.128. The molecule has 2 N–H and O–H groups in total. The minimum atomic E-state index is -0.455. The molecule has 0 spiro atoms. The standard InChI is InChI=1S/C45H50N4O7S/c1-29(50)56-28-40(51)48-24-22-37(23-25-48)49(36-20-21-36)27-32-6-5-7-34(26-32)42(52)47-44-41(38-8-3-4-9-39(38)57-44)43(53)46-35-18-14-31(15-19-35)11-10-30-12-16-33(17-13-30)45(54)55-2/h5-7,12-19,26,36-37H,3-4,8-11,20-25,27-28H2,1-2H3,(H,46,53)(H,47,52). The van der Waals surface area contributed by atoms with Crippen molar-refractivity contribution in [3.05, 3.63) is 117 Å². The highest BCUT2D eigenvalue weighted by Crippen LogP contribution is 2.39. The molecule has 0 atom stereocenters. The number of carbonyl (C=O) groups is 5. The molecular formula is C45H50N4O7S. The van der Waals surface area contributed by atoms with E-state index in [0.29, 0.717) is 59.1 Å². The van der Waals surface area contributed by atoms with Crippen LogP contribution in [0.15, 0.2) is 72.8 Å². The number of hydrogen-bond acceptors (Lipinski definition) is 9. The molecule has 57 heavy (non-hydrogen) atoms. The van der Waals surface area contributed by atoms with E-state index in [9.17, 15) is 24.0 Å². The number of nitrogens with zero attached hydrogens (tertiary/aromatic N) is 2. The van der Waals surface area contributed by atoms with Crippen molar-refractivity contribution < 1.29 is 33.4 Å². The summed E-state index contributed by atoms with van der Waals surface area (Å²) in [6.45, 7) is 3.05. The van der Waals surface area contributed by atoms with Gasteiger partial charge in [-0.15, -0.1) is 11.3 Å². The van der Waals surface area contributed by atoms with Gasteiger partial charge in [-0.1, -0.05) is 36.4 Å². The van der Waals surface area contributed by atoms with Crippen molar-refractivity contribution in [1.29, 1.82) is 0 Å². The maximum Gasteiger partial charge on any atom is 0.337 e. The van der Waals surface area contributed by atoms with Gasteiger partial charge in [-0.05, 0) is 123 Å². The van der Waals surface area contributed by atoms with Crippen LogP contribution in [0.2, 0.25) is 0 Å². The molecule has 1 saturated heterocycles. The van der Waals surface area contributed by atoms with Gasteiger partial charge in [0.2, 0.25) is 0 Å². The van der Waals surface area contributed by atoms with Gasteiger partial charge in [-0.25, -0.2) is 4.79 Å². The fourth-order valence-electron chi connectivity index (χ4n) is 7.92. The van der Waals surface area contributed by atoms with E-state index in [1.807, 2.05) is 54.6 Å². The highest BCUT2D eigenvalue weighted by atomic mass is 32.1. The molecular weight excluding hydrogens is 741 g/mol. The zero-order valence-electron chi connectivity index (χ0n) is 32.6. The number of hydrogen-bond donors (Lipinski definition) is 2. The van der Waals surface area contributed by atoms with Gasteiger partial charge < -0.3 is 25.0 Å². The Hall–Kier alpha value is -5.33. The van der Waals surface area contributed by atoms with Crippen molar-refractivity contribution in [2.45, 2.75) is 89.8 Å². The van der Waals surface area contributed by atoms with E-state index >= 15 is 0 Å². The molecule has 0 unspecified atom stereocenters. The largest absolute Gasteiger partial charge is 0.465 e. The van der Waals surface area contributed by atoms with Crippen LogP contribution in [0, 0.1) is 0 Å². The maximum atomic E-state index is 14.0. The first-order valence-corrected chi connectivity index (χ1v) is 20.8. The number of aryl methyl sites for hydroxylation is 3. The van der Waals surface area contributed by atoms with E-state index in [1.165, 1.54) is 25.4 Å². The molecule has 4 aromatic rings. The van der Waals surface area contributed by atoms with Gasteiger partial charge in [0.25, 0.3) is 17.7 Å². The van der Waals surface area contributed by atoms with Crippen LogP contribution in [0.3, 0.4) is 0 Å². The Morgan fingerprint density at radius 2 is 1.44 bits per heavy atom. The van der Waals surface area contributed by atoms with Crippen LogP contribution < -0.4 is 10.6 Å². The Morgan fingerprint density at radius 1 is 0.772 bits per heavy atom. The first kappa shape index (κ1) is 39.9. The lowest BCUT2D eigenvalue weighted by Gasteiger charge is -2.39. The Morgan fingerprint density at radius 3 is 2.11 bits per heavy atom. The predicted molar refractivity (Wildman–Crippen MR) is 220 cm³/mol. The van der Waals surface area contributed by atoms with Crippen molar-refractivity contribution in [2.24, 2.45) is 0 Å². The number of fused-ring (bicyclic) bond motifs is 1. The van der Waals surface area contributed by atoms with E-state index in [4.69, 9.17) is 9.47 Å². The summed E-state index contributed by atoms with van der Waals surface area (Å²) >= 11 is 1.51. The van der Waals surface area contributed by atoms with Crippen molar-refractivity contribution >= 4 is 51.7 Å². The average molecular weight is 791 g/mol. The Labute approximate surface area is 337 Å². The van der Waals surface area contributed by atoms with E-state index in [0.717, 1.165) is 91.3 Å². The lowest BCUT2D eigenvalue weighted by molar-refractivity contribution is -0.151. The summed E-state index contributed by atoms with van der Waals surface area (Å²) in [7, 11) is 1.37. The van der Waals surface area contributed by atoms with Gasteiger partial charge in [0.05, 0.1) is 18.2 Å². The van der Waals surface area contributed by atoms with Crippen molar-refractivity contribution in [2.75, 3.05) is 37.4 Å². The maximum absolute atomic E-state index is 14.0. The van der Waals surface area contributed by atoms with Crippen LogP contribution >= 0.6 is 11.3 Å². The van der Waals surface area contributed by atoms with Crippen LogP contribution in [0.5, 0.6) is 0 Å². The molecule has 3 aromatic carbocycles. The van der Waals surface area contributed by atoms with E-state index in [1.54, 1.807) is 17.0 Å².